The first kappa shape index (κ1) is 28.3. The topological polar surface area (TPSA) is 164 Å². The summed E-state index contributed by atoms with van der Waals surface area (Å²) in [5.74, 6) is -0.446. The van der Waals surface area contributed by atoms with Crippen molar-refractivity contribution < 1.29 is 39.5 Å². The molecule has 1 heterocycles. The van der Waals surface area contributed by atoms with Crippen LogP contribution in [0.5, 0.6) is 0 Å². The van der Waals surface area contributed by atoms with Crippen molar-refractivity contribution in [2.45, 2.75) is 43.4 Å². The van der Waals surface area contributed by atoms with Gasteiger partial charge in [-0.2, -0.15) is 8.42 Å². The van der Waals surface area contributed by atoms with Crippen molar-refractivity contribution in [2.75, 3.05) is 6.61 Å². The lowest BCUT2D eigenvalue weighted by molar-refractivity contribution is -0.270. The molecular formula is C25H29N2O8S2+. The van der Waals surface area contributed by atoms with E-state index in [-0.39, 0.29) is 48.5 Å². The van der Waals surface area contributed by atoms with Gasteiger partial charge in [-0.3, -0.25) is 9.35 Å². The maximum Gasteiger partial charge on any atom is 0.512 e. The zero-order valence-corrected chi connectivity index (χ0v) is 22.0. The SMILES string of the molecule is CCOC(=O)CCCC1(C)C(C(N)=CC=Cc2ccccc2)=[N+](S(=O)(=O)O)c2ccc(S(=O)(=O)O)cc21. The molecule has 0 saturated carbocycles. The number of carbonyl (C=O) groups is 1. The second kappa shape index (κ2) is 11.0. The van der Waals surface area contributed by atoms with Crippen LogP contribution in [-0.2, 0) is 35.4 Å². The Hall–Kier alpha value is -3.32. The molecule has 1 unspecified atom stereocenters. The number of allylic oxidation sites excluding steroid dienone is 3. The van der Waals surface area contributed by atoms with Crippen molar-refractivity contribution in [3.8, 4) is 0 Å². The van der Waals surface area contributed by atoms with Gasteiger partial charge in [-0.25, -0.2) is 4.55 Å². The van der Waals surface area contributed by atoms with Gasteiger partial charge in [0.25, 0.3) is 10.1 Å². The van der Waals surface area contributed by atoms with Crippen LogP contribution in [0.1, 0.15) is 44.2 Å². The van der Waals surface area contributed by atoms with Crippen LogP contribution in [0.25, 0.3) is 6.08 Å². The molecule has 2 aromatic rings. The summed E-state index contributed by atoms with van der Waals surface area (Å²) in [5.41, 5.74) is 6.14. The molecule has 0 fully saturated rings. The van der Waals surface area contributed by atoms with Gasteiger partial charge in [0.2, 0.25) is 11.4 Å². The molecule has 0 bridgehead atoms. The van der Waals surface area contributed by atoms with Gasteiger partial charge in [0, 0.05) is 18.1 Å². The van der Waals surface area contributed by atoms with Crippen LogP contribution in [0.4, 0.5) is 5.69 Å². The zero-order valence-electron chi connectivity index (χ0n) is 20.4. The Morgan fingerprint density at radius 3 is 2.38 bits per heavy atom. The maximum absolute atomic E-state index is 12.6. The predicted octanol–water partition coefficient (Wildman–Crippen LogP) is 3.38. The van der Waals surface area contributed by atoms with Gasteiger partial charge < -0.3 is 10.5 Å². The number of nitrogens with two attached hydrogens (primary N) is 1. The van der Waals surface area contributed by atoms with Gasteiger partial charge in [0.1, 0.15) is 5.70 Å². The fourth-order valence-electron chi connectivity index (χ4n) is 4.42. The van der Waals surface area contributed by atoms with Gasteiger partial charge in [0.05, 0.1) is 16.9 Å². The Labute approximate surface area is 216 Å². The summed E-state index contributed by atoms with van der Waals surface area (Å²) in [5, 5.41) is 0. The zero-order chi connectivity index (χ0) is 27.4. The number of ether oxygens (including phenoxy) is 1. The van der Waals surface area contributed by atoms with E-state index in [1.54, 1.807) is 26.0 Å². The van der Waals surface area contributed by atoms with E-state index in [0.29, 0.717) is 3.98 Å². The lowest BCUT2D eigenvalue weighted by Gasteiger charge is -2.23. The number of benzene rings is 2. The second-order valence-corrected chi connectivity index (χ2v) is 11.3. The highest BCUT2D eigenvalue weighted by Crippen LogP contribution is 2.46. The van der Waals surface area contributed by atoms with E-state index in [2.05, 4.69) is 0 Å². The molecule has 1 atom stereocenters. The lowest BCUT2D eigenvalue weighted by Crippen LogP contribution is -2.38. The van der Waals surface area contributed by atoms with Crippen molar-refractivity contribution in [1.82, 2.24) is 0 Å². The lowest BCUT2D eigenvalue weighted by atomic mass is 9.74. The van der Waals surface area contributed by atoms with E-state index in [1.165, 1.54) is 12.1 Å². The Balaban J connectivity index is 2.18. The van der Waals surface area contributed by atoms with Gasteiger partial charge in [-0.05, 0) is 50.5 Å². The normalized spacial score (nSPS) is 18.3. The van der Waals surface area contributed by atoms with Gasteiger partial charge in [-0.1, -0.05) is 46.5 Å². The third-order valence-electron chi connectivity index (χ3n) is 6.04. The number of hydrogen-bond acceptors (Lipinski definition) is 7. The second-order valence-electron chi connectivity index (χ2n) is 8.63. The van der Waals surface area contributed by atoms with Crippen LogP contribution in [0.2, 0.25) is 0 Å². The molecule has 0 amide bonds. The summed E-state index contributed by atoms with van der Waals surface area (Å²) < 4.78 is 74.2. The molecule has 1 aliphatic heterocycles. The first-order chi connectivity index (χ1) is 17.3. The van der Waals surface area contributed by atoms with Crippen molar-refractivity contribution in [2.24, 2.45) is 5.73 Å². The summed E-state index contributed by atoms with van der Waals surface area (Å²) in [6, 6.07) is 12.6. The van der Waals surface area contributed by atoms with Crippen LogP contribution in [0, 0.1) is 0 Å². The molecule has 0 radical (unpaired) electrons. The van der Waals surface area contributed by atoms with Gasteiger partial charge in [-0.15, -0.1) is 8.42 Å². The Morgan fingerprint density at radius 2 is 1.78 bits per heavy atom. The Kier molecular flexibility index (Phi) is 8.38. The average Bonchev–Trinajstić information content (AvgIpc) is 3.08. The first-order valence-electron chi connectivity index (χ1n) is 11.4. The molecule has 2 aromatic carbocycles. The highest BCUT2D eigenvalue weighted by molar-refractivity contribution is 7.85. The van der Waals surface area contributed by atoms with E-state index in [0.717, 1.165) is 17.7 Å². The minimum absolute atomic E-state index is 0.00644. The molecule has 37 heavy (non-hydrogen) atoms. The third kappa shape index (κ3) is 6.34. The standard InChI is InChI=1S/C25H28N2O8S2/c1-3-35-23(28)13-8-16-25(2)20-17-19(36(29,30)31)14-15-22(20)27(37(32,33)34)24(25)21(26)12-7-11-18-9-5-4-6-10-18/h4-7,9-12,14-15,17H,3,8,13,16,26H2,1-2H3,(H-,29,30,31,32,33,34)/p+1. The highest BCUT2D eigenvalue weighted by atomic mass is 32.2. The Bertz CT molecular complexity index is 1490. The number of nitrogens with zero attached hydrogens (tertiary/aromatic N) is 1. The summed E-state index contributed by atoms with van der Waals surface area (Å²) in [6.07, 6.45) is 5.24. The number of fused-ring (bicyclic) bond motifs is 1. The van der Waals surface area contributed by atoms with E-state index in [4.69, 9.17) is 10.5 Å². The van der Waals surface area contributed by atoms with Gasteiger partial charge >= 0.3 is 16.3 Å². The number of hydrogen-bond donors (Lipinski definition) is 3. The largest absolute Gasteiger partial charge is 0.512 e. The molecule has 0 aliphatic carbocycles. The quantitative estimate of drug-likeness (QED) is 0.174. The molecule has 0 aromatic heterocycles. The van der Waals surface area contributed by atoms with Crippen LogP contribution >= 0.6 is 0 Å². The number of esters is 1. The smallest absolute Gasteiger partial charge is 0.466 e. The molecule has 0 spiro atoms. The molecule has 1 aliphatic rings. The van der Waals surface area contributed by atoms with E-state index in [9.17, 15) is 30.7 Å². The van der Waals surface area contributed by atoms with Crippen molar-refractivity contribution in [3.63, 3.8) is 0 Å². The predicted molar refractivity (Wildman–Crippen MR) is 138 cm³/mol. The van der Waals surface area contributed by atoms with E-state index < -0.39 is 36.7 Å². The number of carbonyl (C=O) groups excluding carboxylic acids is 1. The fraction of sp³-hybridized carbons (Fsp3) is 0.280. The van der Waals surface area contributed by atoms with Crippen LogP contribution in [0.3, 0.4) is 0 Å². The monoisotopic (exact) mass is 549 g/mol. The molecule has 0 saturated heterocycles. The molecule has 10 nitrogen and oxygen atoms in total. The summed E-state index contributed by atoms with van der Waals surface area (Å²) in [6.45, 7) is 3.51. The van der Waals surface area contributed by atoms with Crippen molar-refractivity contribution >= 4 is 43.9 Å². The fourth-order valence-corrected chi connectivity index (χ4v) is 5.87. The van der Waals surface area contributed by atoms with Crippen LogP contribution < -0.4 is 5.73 Å². The van der Waals surface area contributed by atoms with E-state index in [1.807, 2.05) is 30.3 Å². The summed E-state index contributed by atoms with van der Waals surface area (Å²) in [7, 11) is -9.53. The third-order valence-corrected chi connectivity index (χ3v) is 7.73. The summed E-state index contributed by atoms with van der Waals surface area (Å²) in [4.78, 5) is 11.5. The molecule has 198 valence electrons. The first-order valence-corrected chi connectivity index (χ1v) is 14.2. The Morgan fingerprint density at radius 1 is 1.11 bits per heavy atom. The van der Waals surface area contributed by atoms with Crippen molar-refractivity contribution in [3.05, 3.63) is 77.5 Å². The highest BCUT2D eigenvalue weighted by Gasteiger charge is 2.54. The molecule has 4 N–H and O–H groups in total. The van der Waals surface area contributed by atoms with E-state index >= 15 is 0 Å². The maximum atomic E-state index is 12.6. The minimum atomic E-state index is -4.91. The van der Waals surface area contributed by atoms with Crippen LogP contribution in [0.15, 0.2) is 71.3 Å². The molecular weight excluding hydrogens is 520 g/mol. The van der Waals surface area contributed by atoms with Crippen molar-refractivity contribution in [1.29, 1.82) is 0 Å². The average molecular weight is 550 g/mol. The minimum Gasteiger partial charge on any atom is -0.466 e. The molecule has 3 rings (SSSR count). The molecule has 12 heteroatoms. The van der Waals surface area contributed by atoms with Crippen LogP contribution in [-0.4, -0.2) is 48.2 Å². The summed E-state index contributed by atoms with van der Waals surface area (Å²) >= 11 is 0. The number of rotatable bonds is 10. The van der Waals surface area contributed by atoms with Gasteiger partial charge in [0.15, 0.2) is 0 Å².